The summed E-state index contributed by atoms with van der Waals surface area (Å²) >= 11 is 5.82. The van der Waals surface area contributed by atoms with Crippen molar-refractivity contribution in [3.63, 3.8) is 0 Å². The van der Waals surface area contributed by atoms with Gasteiger partial charge in [-0.2, -0.15) is 0 Å². The smallest absolute Gasteiger partial charge is 0.221 e. The van der Waals surface area contributed by atoms with Crippen LogP contribution in [0.4, 0.5) is 5.69 Å². The maximum absolute atomic E-state index is 12.2. The first-order valence-electron chi connectivity index (χ1n) is 8.29. The summed E-state index contributed by atoms with van der Waals surface area (Å²) in [6.07, 6.45) is 0.620. The van der Waals surface area contributed by atoms with E-state index >= 15 is 0 Å². The molecule has 1 amide bonds. The lowest BCUT2D eigenvalue weighted by Crippen LogP contribution is -2.27. The van der Waals surface area contributed by atoms with E-state index in [9.17, 15) is 13.2 Å². The number of nitrogens with one attached hydrogen (secondary N) is 1. The number of amides is 1. The maximum Gasteiger partial charge on any atom is 0.221 e. The van der Waals surface area contributed by atoms with Crippen molar-refractivity contribution in [2.45, 2.75) is 17.7 Å². The Morgan fingerprint density at radius 3 is 2.42 bits per heavy atom. The van der Waals surface area contributed by atoms with E-state index in [1.807, 2.05) is 43.3 Å². The van der Waals surface area contributed by atoms with Crippen LogP contribution in [0.1, 0.15) is 12.0 Å². The highest BCUT2D eigenvalue weighted by molar-refractivity contribution is 7.91. The van der Waals surface area contributed by atoms with Gasteiger partial charge in [-0.05, 0) is 42.3 Å². The predicted octanol–water partition coefficient (Wildman–Crippen LogP) is 2.93. The molecule has 26 heavy (non-hydrogen) atoms. The van der Waals surface area contributed by atoms with E-state index in [4.69, 9.17) is 11.6 Å². The minimum absolute atomic E-state index is 0.0750. The Hall–Kier alpha value is -2.05. The SMILES string of the molecule is CN(C)c1ccc(CCNC(=O)CCS(=O)(=O)c2cccc(Cl)c2)cc1. The number of nitrogens with zero attached hydrogens (tertiary/aromatic N) is 1. The lowest BCUT2D eigenvalue weighted by molar-refractivity contribution is -0.120. The van der Waals surface area contributed by atoms with Gasteiger partial charge in [-0.1, -0.05) is 29.8 Å². The van der Waals surface area contributed by atoms with Crippen LogP contribution in [0.3, 0.4) is 0 Å². The van der Waals surface area contributed by atoms with Gasteiger partial charge in [0, 0.05) is 37.8 Å². The van der Waals surface area contributed by atoms with Gasteiger partial charge in [0.2, 0.25) is 5.91 Å². The molecule has 1 N–H and O–H groups in total. The molecular weight excluding hydrogens is 372 g/mol. The summed E-state index contributed by atoms with van der Waals surface area (Å²) in [6, 6.07) is 14.2. The Kier molecular flexibility index (Phi) is 7.06. The lowest BCUT2D eigenvalue weighted by Gasteiger charge is -2.12. The molecule has 2 rings (SSSR count). The van der Waals surface area contributed by atoms with Crippen molar-refractivity contribution in [3.8, 4) is 0 Å². The summed E-state index contributed by atoms with van der Waals surface area (Å²) in [4.78, 5) is 14.1. The number of anilines is 1. The summed E-state index contributed by atoms with van der Waals surface area (Å²) in [5.74, 6) is -0.517. The molecule has 0 unspecified atom stereocenters. The summed E-state index contributed by atoms with van der Waals surface area (Å²) in [5.41, 5.74) is 2.23. The van der Waals surface area contributed by atoms with Crippen LogP contribution in [-0.2, 0) is 21.1 Å². The second kappa shape index (κ2) is 9.05. The number of carbonyl (C=O) groups excluding carboxylic acids is 1. The fraction of sp³-hybridized carbons (Fsp3) is 0.316. The van der Waals surface area contributed by atoms with E-state index in [-0.39, 0.29) is 23.0 Å². The fourth-order valence-electron chi connectivity index (χ4n) is 2.40. The highest BCUT2D eigenvalue weighted by Gasteiger charge is 2.16. The fourth-order valence-corrected chi connectivity index (χ4v) is 3.94. The van der Waals surface area contributed by atoms with Crippen LogP contribution in [0, 0.1) is 0 Å². The second-order valence-electron chi connectivity index (χ2n) is 6.19. The molecule has 0 saturated heterocycles. The van der Waals surface area contributed by atoms with E-state index < -0.39 is 9.84 Å². The molecule has 0 aromatic heterocycles. The monoisotopic (exact) mass is 394 g/mol. The molecule has 2 aromatic rings. The Balaban J connectivity index is 1.78. The van der Waals surface area contributed by atoms with Crippen molar-refractivity contribution in [1.29, 1.82) is 0 Å². The van der Waals surface area contributed by atoms with E-state index in [0.29, 0.717) is 18.0 Å². The predicted molar refractivity (Wildman–Crippen MR) is 106 cm³/mol. The molecule has 0 bridgehead atoms. The van der Waals surface area contributed by atoms with Gasteiger partial charge >= 0.3 is 0 Å². The van der Waals surface area contributed by atoms with Crippen molar-refractivity contribution >= 4 is 33.0 Å². The number of carbonyl (C=O) groups is 1. The van der Waals surface area contributed by atoms with Crippen LogP contribution in [0.25, 0.3) is 0 Å². The van der Waals surface area contributed by atoms with Crippen molar-refractivity contribution < 1.29 is 13.2 Å². The number of halogens is 1. The van der Waals surface area contributed by atoms with Gasteiger partial charge in [0.05, 0.1) is 10.6 Å². The third kappa shape index (κ3) is 6.04. The molecule has 0 spiro atoms. The molecule has 140 valence electrons. The molecule has 5 nitrogen and oxygen atoms in total. The summed E-state index contributed by atoms with van der Waals surface area (Å²) < 4.78 is 24.5. The van der Waals surface area contributed by atoms with Gasteiger partial charge in [-0.25, -0.2) is 8.42 Å². The summed E-state index contributed by atoms with van der Waals surface area (Å²) in [5, 5.41) is 3.12. The summed E-state index contributed by atoms with van der Waals surface area (Å²) in [6.45, 7) is 0.470. The van der Waals surface area contributed by atoms with Crippen LogP contribution < -0.4 is 10.2 Å². The van der Waals surface area contributed by atoms with Crippen LogP contribution in [0.2, 0.25) is 5.02 Å². The van der Waals surface area contributed by atoms with Crippen LogP contribution >= 0.6 is 11.6 Å². The topological polar surface area (TPSA) is 66.5 Å². The second-order valence-corrected chi connectivity index (χ2v) is 8.73. The molecule has 2 aromatic carbocycles. The first kappa shape index (κ1) is 20.3. The van der Waals surface area contributed by atoms with E-state index in [1.54, 1.807) is 12.1 Å². The average molecular weight is 395 g/mol. The Morgan fingerprint density at radius 1 is 1.12 bits per heavy atom. The standard InChI is InChI=1S/C19H23ClN2O3S/c1-22(2)17-8-6-15(7-9-17)10-12-21-19(23)11-13-26(24,25)18-5-3-4-16(20)14-18/h3-9,14H,10-13H2,1-2H3,(H,21,23). The molecule has 0 radical (unpaired) electrons. The molecule has 0 atom stereocenters. The van der Waals surface area contributed by atoms with Gasteiger partial charge in [0.25, 0.3) is 0 Å². The Labute approximate surface area is 159 Å². The first-order valence-corrected chi connectivity index (χ1v) is 10.3. The van der Waals surface area contributed by atoms with Crippen molar-refractivity contribution in [2.24, 2.45) is 0 Å². The zero-order valence-electron chi connectivity index (χ0n) is 14.9. The maximum atomic E-state index is 12.2. The lowest BCUT2D eigenvalue weighted by atomic mass is 10.1. The highest BCUT2D eigenvalue weighted by Crippen LogP contribution is 2.17. The molecule has 7 heteroatoms. The number of rotatable bonds is 8. The molecule has 0 aliphatic carbocycles. The van der Waals surface area contributed by atoms with Crippen molar-refractivity contribution in [1.82, 2.24) is 5.32 Å². The summed E-state index contributed by atoms with van der Waals surface area (Å²) in [7, 11) is 0.440. The molecular formula is C19H23ClN2O3S. The number of sulfone groups is 1. The van der Waals surface area contributed by atoms with E-state index in [2.05, 4.69) is 5.32 Å². The van der Waals surface area contributed by atoms with Gasteiger partial charge in [0.15, 0.2) is 9.84 Å². The molecule has 0 fully saturated rings. The average Bonchev–Trinajstić information content (AvgIpc) is 2.60. The van der Waals surface area contributed by atoms with Crippen molar-refractivity contribution in [2.75, 3.05) is 31.3 Å². The third-order valence-corrected chi connectivity index (χ3v) is 5.89. The van der Waals surface area contributed by atoms with E-state index in [1.165, 1.54) is 12.1 Å². The molecule has 0 heterocycles. The number of hydrogen-bond acceptors (Lipinski definition) is 4. The highest BCUT2D eigenvalue weighted by atomic mass is 35.5. The van der Waals surface area contributed by atoms with Crippen LogP contribution in [-0.4, -0.2) is 40.7 Å². The van der Waals surface area contributed by atoms with Crippen molar-refractivity contribution in [3.05, 3.63) is 59.1 Å². The Bertz CT molecular complexity index is 849. The molecule has 0 aliphatic rings. The normalized spacial score (nSPS) is 11.2. The minimum atomic E-state index is -3.52. The zero-order chi connectivity index (χ0) is 19.2. The number of hydrogen-bond donors (Lipinski definition) is 1. The van der Waals surface area contributed by atoms with Gasteiger partial charge in [0.1, 0.15) is 0 Å². The van der Waals surface area contributed by atoms with Gasteiger partial charge in [-0.3, -0.25) is 4.79 Å². The Morgan fingerprint density at radius 2 is 1.81 bits per heavy atom. The van der Waals surface area contributed by atoms with E-state index in [0.717, 1.165) is 11.3 Å². The zero-order valence-corrected chi connectivity index (χ0v) is 16.5. The third-order valence-electron chi connectivity index (χ3n) is 3.94. The largest absolute Gasteiger partial charge is 0.378 e. The molecule has 0 aliphatic heterocycles. The van der Waals surface area contributed by atoms with Crippen LogP contribution in [0.15, 0.2) is 53.4 Å². The minimum Gasteiger partial charge on any atom is -0.378 e. The van der Waals surface area contributed by atoms with Crippen LogP contribution in [0.5, 0.6) is 0 Å². The molecule has 0 saturated carbocycles. The first-order chi connectivity index (χ1) is 12.3. The quantitative estimate of drug-likeness (QED) is 0.747. The van der Waals surface area contributed by atoms with Gasteiger partial charge < -0.3 is 10.2 Å². The number of benzene rings is 2. The van der Waals surface area contributed by atoms with Gasteiger partial charge in [-0.15, -0.1) is 0 Å².